The third-order valence-electron chi connectivity index (χ3n) is 5.41. The minimum absolute atomic E-state index is 0.00771. The van der Waals surface area contributed by atoms with Crippen LogP contribution in [-0.4, -0.2) is 80.7 Å². The largest absolute Gasteiger partial charge is 0.490 e. The molecule has 172 valence electrons. The Balaban J connectivity index is 1.81. The van der Waals surface area contributed by atoms with Crippen molar-refractivity contribution >= 4 is 21.6 Å². The number of sulfonamides is 1. The molecule has 0 saturated carbocycles. The van der Waals surface area contributed by atoms with E-state index in [2.05, 4.69) is 0 Å². The smallest absolute Gasteiger partial charge is 0.312 e. The highest BCUT2D eigenvalue weighted by Crippen LogP contribution is 2.31. The Hall–Kier alpha value is -3.02. The van der Waals surface area contributed by atoms with E-state index in [1.54, 1.807) is 14.1 Å². The zero-order valence-electron chi connectivity index (χ0n) is 18.2. The number of piperazine rings is 1. The van der Waals surface area contributed by atoms with Gasteiger partial charge in [0.1, 0.15) is 6.04 Å². The molecule has 2 aromatic carbocycles. The molecule has 3 rings (SSSR count). The molecule has 1 aliphatic heterocycles. The summed E-state index contributed by atoms with van der Waals surface area (Å²) >= 11 is 0. The van der Waals surface area contributed by atoms with E-state index in [0.29, 0.717) is 13.1 Å². The highest BCUT2D eigenvalue weighted by molar-refractivity contribution is 7.89. The minimum atomic E-state index is -3.94. The quantitative estimate of drug-likeness (QED) is 0.455. The normalized spacial score (nSPS) is 16.3. The van der Waals surface area contributed by atoms with Gasteiger partial charge in [0.15, 0.2) is 5.75 Å². The number of nitro groups is 1. The first-order valence-corrected chi connectivity index (χ1v) is 11.4. The van der Waals surface area contributed by atoms with Crippen LogP contribution in [0.3, 0.4) is 0 Å². The Morgan fingerprint density at radius 1 is 1.09 bits per heavy atom. The highest BCUT2D eigenvalue weighted by Gasteiger charge is 2.35. The maximum absolute atomic E-state index is 13.1. The predicted molar refractivity (Wildman–Crippen MR) is 118 cm³/mol. The lowest BCUT2D eigenvalue weighted by Crippen LogP contribution is -2.52. The second-order valence-electron chi connectivity index (χ2n) is 7.58. The van der Waals surface area contributed by atoms with Gasteiger partial charge in [-0.3, -0.25) is 19.8 Å². The summed E-state index contributed by atoms with van der Waals surface area (Å²) < 4.78 is 32.5. The second-order valence-corrected chi connectivity index (χ2v) is 9.51. The van der Waals surface area contributed by atoms with Crippen molar-refractivity contribution in [3.8, 4) is 5.75 Å². The van der Waals surface area contributed by atoms with Crippen LogP contribution in [0, 0.1) is 10.1 Å². The van der Waals surface area contributed by atoms with Gasteiger partial charge in [-0.1, -0.05) is 30.3 Å². The molecule has 11 heteroatoms. The van der Waals surface area contributed by atoms with Crippen molar-refractivity contribution in [1.82, 2.24) is 14.1 Å². The van der Waals surface area contributed by atoms with Crippen LogP contribution in [0.15, 0.2) is 53.4 Å². The van der Waals surface area contributed by atoms with Crippen molar-refractivity contribution in [3.05, 3.63) is 64.2 Å². The molecule has 0 aromatic heterocycles. The van der Waals surface area contributed by atoms with Gasteiger partial charge in [-0.15, -0.1) is 0 Å². The number of nitro benzene ring substituents is 1. The summed E-state index contributed by atoms with van der Waals surface area (Å²) in [6.07, 6.45) is 0. The van der Waals surface area contributed by atoms with Crippen LogP contribution in [0.4, 0.5) is 5.69 Å². The van der Waals surface area contributed by atoms with E-state index in [1.807, 2.05) is 35.2 Å². The maximum atomic E-state index is 13.1. The summed E-state index contributed by atoms with van der Waals surface area (Å²) in [5.41, 5.74) is 0.432. The van der Waals surface area contributed by atoms with E-state index in [1.165, 1.54) is 28.4 Å². The SMILES string of the molecule is COc1ccc(S(=O)(=O)N2CCN(C(C(=O)N(C)C)c3ccccc3)CC2)cc1[N+](=O)[O-]. The number of likely N-dealkylation sites (N-methyl/N-ethyl adjacent to an activating group) is 1. The number of methoxy groups -OCH3 is 1. The molecular formula is C21H26N4O6S. The molecule has 32 heavy (non-hydrogen) atoms. The van der Waals surface area contributed by atoms with Crippen LogP contribution < -0.4 is 4.74 Å². The molecule has 1 fully saturated rings. The fourth-order valence-corrected chi connectivity index (χ4v) is 5.16. The zero-order chi connectivity index (χ0) is 23.5. The third kappa shape index (κ3) is 4.74. The van der Waals surface area contributed by atoms with Gasteiger partial charge < -0.3 is 9.64 Å². The summed E-state index contributed by atoms with van der Waals surface area (Å²) in [6.45, 7) is 1.01. The summed E-state index contributed by atoms with van der Waals surface area (Å²) in [5, 5.41) is 11.3. The van der Waals surface area contributed by atoms with Gasteiger partial charge in [0, 0.05) is 46.3 Å². The molecule has 10 nitrogen and oxygen atoms in total. The minimum Gasteiger partial charge on any atom is -0.490 e. The van der Waals surface area contributed by atoms with Crippen molar-refractivity contribution in [3.63, 3.8) is 0 Å². The maximum Gasteiger partial charge on any atom is 0.312 e. The number of nitrogens with zero attached hydrogens (tertiary/aromatic N) is 4. The van der Waals surface area contributed by atoms with E-state index < -0.39 is 26.7 Å². The number of ether oxygens (including phenoxy) is 1. The third-order valence-corrected chi connectivity index (χ3v) is 7.31. The van der Waals surface area contributed by atoms with E-state index >= 15 is 0 Å². The highest BCUT2D eigenvalue weighted by atomic mass is 32.2. The van der Waals surface area contributed by atoms with Crippen molar-refractivity contribution in [2.45, 2.75) is 10.9 Å². The molecule has 1 saturated heterocycles. The molecule has 1 heterocycles. The molecule has 1 unspecified atom stereocenters. The monoisotopic (exact) mass is 462 g/mol. The first-order chi connectivity index (χ1) is 15.2. The van der Waals surface area contributed by atoms with Gasteiger partial charge >= 0.3 is 5.69 Å². The number of benzene rings is 2. The fraction of sp³-hybridized carbons (Fsp3) is 0.381. The number of carbonyl (C=O) groups excluding carboxylic acids is 1. The van der Waals surface area contributed by atoms with Crippen LogP contribution in [-0.2, 0) is 14.8 Å². The molecule has 0 spiro atoms. The van der Waals surface area contributed by atoms with Crippen LogP contribution >= 0.6 is 0 Å². The Labute approximate surface area is 187 Å². The Morgan fingerprint density at radius 2 is 1.72 bits per heavy atom. The Bertz CT molecular complexity index is 1080. The first-order valence-electron chi connectivity index (χ1n) is 9.99. The topological polar surface area (TPSA) is 113 Å². The van der Waals surface area contributed by atoms with Crippen LogP contribution in [0.25, 0.3) is 0 Å². The van der Waals surface area contributed by atoms with Crippen LogP contribution in [0.2, 0.25) is 0 Å². The summed E-state index contributed by atoms with van der Waals surface area (Å²) in [5.74, 6) is -0.0926. The van der Waals surface area contributed by atoms with Gasteiger partial charge in [-0.25, -0.2) is 8.42 Å². The van der Waals surface area contributed by atoms with Crippen molar-refractivity contribution in [2.75, 3.05) is 47.4 Å². The summed E-state index contributed by atoms with van der Waals surface area (Å²) in [6, 6.07) is 12.4. The molecule has 0 radical (unpaired) electrons. The standard InChI is InChI=1S/C21H26N4O6S/c1-22(2)21(26)20(16-7-5-4-6-8-16)23-11-13-24(14-12-23)32(29,30)17-9-10-19(31-3)18(15-17)25(27)28/h4-10,15,20H,11-14H2,1-3H3. The van der Waals surface area contributed by atoms with Crippen LogP contribution in [0.1, 0.15) is 11.6 Å². The van der Waals surface area contributed by atoms with Gasteiger partial charge in [-0.05, 0) is 17.7 Å². The molecule has 0 aliphatic carbocycles. The number of amides is 1. The van der Waals surface area contributed by atoms with E-state index in [4.69, 9.17) is 4.74 Å². The van der Waals surface area contributed by atoms with E-state index in [9.17, 15) is 23.3 Å². The molecule has 1 aliphatic rings. The predicted octanol–water partition coefficient (Wildman–Crippen LogP) is 1.74. The average molecular weight is 463 g/mol. The van der Waals surface area contributed by atoms with Crippen molar-refractivity contribution in [2.24, 2.45) is 0 Å². The Kier molecular flexibility index (Phi) is 7.12. The van der Waals surface area contributed by atoms with Gasteiger partial charge in [0.2, 0.25) is 15.9 Å². The van der Waals surface area contributed by atoms with Gasteiger partial charge in [0.25, 0.3) is 0 Å². The average Bonchev–Trinajstić information content (AvgIpc) is 2.79. The number of hydrogen-bond donors (Lipinski definition) is 0. The lowest BCUT2D eigenvalue weighted by atomic mass is 10.0. The summed E-state index contributed by atoms with van der Waals surface area (Å²) in [4.78, 5) is 26.8. The molecule has 1 atom stereocenters. The fourth-order valence-electron chi connectivity index (χ4n) is 3.71. The van der Waals surface area contributed by atoms with Gasteiger partial charge in [0.05, 0.1) is 16.9 Å². The van der Waals surface area contributed by atoms with Crippen molar-refractivity contribution < 1.29 is 22.9 Å². The Morgan fingerprint density at radius 3 is 2.25 bits per heavy atom. The number of rotatable bonds is 7. The van der Waals surface area contributed by atoms with Gasteiger partial charge in [-0.2, -0.15) is 4.31 Å². The first kappa shape index (κ1) is 23.6. The van der Waals surface area contributed by atoms with Crippen LogP contribution in [0.5, 0.6) is 5.75 Å². The molecule has 2 aromatic rings. The number of carbonyl (C=O) groups is 1. The lowest BCUT2D eigenvalue weighted by Gasteiger charge is -2.39. The van der Waals surface area contributed by atoms with E-state index in [0.717, 1.165) is 11.6 Å². The molecule has 0 N–H and O–H groups in total. The summed E-state index contributed by atoms with van der Waals surface area (Å²) in [7, 11) is 0.724. The van der Waals surface area contributed by atoms with E-state index in [-0.39, 0.29) is 29.6 Å². The number of hydrogen-bond acceptors (Lipinski definition) is 7. The molecule has 0 bridgehead atoms. The second kappa shape index (κ2) is 9.63. The molecular weight excluding hydrogens is 436 g/mol. The lowest BCUT2D eigenvalue weighted by molar-refractivity contribution is -0.386. The van der Waals surface area contributed by atoms with Crippen molar-refractivity contribution in [1.29, 1.82) is 0 Å². The zero-order valence-corrected chi connectivity index (χ0v) is 19.0. The molecule has 1 amide bonds.